The van der Waals surface area contributed by atoms with E-state index in [9.17, 15) is 9.18 Å². The van der Waals surface area contributed by atoms with Crippen molar-refractivity contribution in [1.29, 1.82) is 0 Å². The Bertz CT molecular complexity index is 942. The molecule has 1 fully saturated rings. The van der Waals surface area contributed by atoms with Crippen molar-refractivity contribution < 1.29 is 9.18 Å². The van der Waals surface area contributed by atoms with Crippen LogP contribution in [0.5, 0.6) is 0 Å². The molecule has 1 amide bonds. The average Bonchev–Trinajstić information content (AvgIpc) is 3.44. The molecule has 1 aromatic rings. The van der Waals surface area contributed by atoms with Crippen LogP contribution in [0.2, 0.25) is 0 Å². The van der Waals surface area contributed by atoms with Gasteiger partial charge in [0.1, 0.15) is 5.83 Å². The van der Waals surface area contributed by atoms with Gasteiger partial charge in [-0.3, -0.25) is 14.9 Å². The van der Waals surface area contributed by atoms with Crippen LogP contribution in [0.15, 0.2) is 46.4 Å². The lowest BCUT2D eigenvalue weighted by atomic mass is 9.88. The van der Waals surface area contributed by atoms with Crippen molar-refractivity contribution in [3.63, 3.8) is 0 Å². The number of amides is 1. The second-order valence-electron chi connectivity index (χ2n) is 8.33. The largest absolute Gasteiger partial charge is 0.336 e. The molecule has 3 unspecified atom stereocenters. The van der Waals surface area contributed by atoms with Gasteiger partial charge in [0.2, 0.25) is 5.91 Å². The first-order valence-electron chi connectivity index (χ1n) is 10.4. The molecule has 7 heteroatoms. The second-order valence-corrected chi connectivity index (χ2v) is 8.86. The number of alkyl halides is 1. The summed E-state index contributed by atoms with van der Waals surface area (Å²) in [6.45, 7) is 0.380. The average molecular weight is 415 g/mol. The SMILES string of the molecule is O=C(C1C=CC(C2=C(F)C=NCC2Cl)=CC1)N(C1CC1)C1CCc2[nH]ncc2C1. The summed E-state index contributed by atoms with van der Waals surface area (Å²) in [5, 5.41) is 6.77. The number of halogens is 2. The fourth-order valence-electron chi connectivity index (χ4n) is 4.69. The van der Waals surface area contributed by atoms with Crippen LogP contribution in [0.4, 0.5) is 4.39 Å². The third kappa shape index (κ3) is 3.59. The smallest absolute Gasteiger partial charge is 0.230 e. The van der Waals surface area contributed by atoms with Crippen molar-refractivity contribution in [2.45, 2.75) is 56.0 Å². The number of aromatic amines is 1. The molecule has 2 heterocycles. The van der Waals surface area contributed by atoms with E-state index in [0.717, 1.165) is 37.7 Å². The minimum atomic E-state index is -0.461. The molecule has 0 radical (unpaired) electrons. The highest BCUT2D eigenvalue weighted by Gasteiger charge is 2.41. The number of rotatable bonds is 4. The number of fused-ring (bicyclic) bond motifs is 1. The van der Waals surface area contributed by atoms with Crippen LogP contribution in [0, 0.1) is 5.92 Å². The Hall–Kier alpha value is -2.21. The second kappa shape index (κ2) is 7.56. The number of nitrogens with zero attached hydrogens (tertiary/aromatic N) is 3. The number of carbonyl (C=O) groups is 1. The summed E-state index contributed by atoms with van der Waals surface area (Å²) in [5.41, 5.74) is 3.70. The molecule has 1 N–H and O–H groups in total. The molecule has 5 rings (SSSR count). The van der Waals surface area contributed by atoms with E-state index in [1.54, 1.807) is 0 Å². The van der Waals surface area contributed by atoms with E-state index in [1.807, 2.05) is 24.4 Å². The highest BCUT2D eigenvalue weighted by molar-refractivity contribution is 6.23. The van der Waals surface area contributed by atoms with E-state index in [1.165, 1.54) is 17.5 Å². The lowest BCUT2D eigenvalue weighted by Crippen LogP contribution is -2.47. The van der Waals surface area contributed by atoms with E-state index in [0.29, 0.717) is 24.6 Å². The number of aryl methyl sites for hydroxylation is 1. The van der Waals surface area contributed by atoms with E-state index < -0.39 is 5.38 Å². The van der Waals surface area contributed by atoms with Crippen LogP contribution in [0.3, 0.4) is 0 Å². The van der Waals surface area contributed by atoms with Crippen molar-refractivity contribution in [2.75, 3.05) is 6.54 Å². The van der Waals surface area contributed by atoms with Gasteiger partial charge in [0.05, 0.1) is 30.3 Å². The van der Waals surface area contributed by atoms with Gasteiger partial charge in [-0.25, -0.2) is 4.39 Å². The lowest BCUT2D eigenvalue weighted by Gasteiger charge is -2.36. The number of H-pyrrole nitrogens is 1. The Balaban J connectivity index is 1.31. The van der Waals surface area contributed by atoms with Crippen molar-refractivity contribution >= 4 is 23.7 Å². The molecule has 1 saturated carbocycles. The number of allylic oxidation sites excluding steroid dienone is 4. The molecule has 0 bridgehead atoms. The van der Waals surface area contributed by atoms with Crippen LogP contribution in [-0.4, -0.2) is 51.2 Å². The summed E-state index contributed by atoms with van der Waals surface area (Å²) in [4.78, 5) is 19.5. The summed E-state index contributed by atoms with van der Waals surface area (Å²) in [5.74, 6) is -0.382. The molecule has 0 spiro atoms. The van der Waals surface area contributed by atoms with Crippen LogP contribution in [0.1, 0.15) is 36.9 Å². The minimum Gasteiger partial charge on any atom is -0.336 e. The minimum absolute atomic E-state index is 0.193. The first-order valence-corrected chi connectivity index (χ1v) is 10.8. The fourth-order valence-corrected chi connectivity index (χ4v) is 5.00. The van der Waals surface area contributed by atoms with Crippen molar-refractivity contribution in [1.82, 2.24) is 15.1 Å². The van der Waals surface area contributed by atoms with Gasteiger partial charge < -0.3 is 4.90 Å². The monoisotopic (exact) mass is 414 g/mol. The Morgan fingerprint density at radius 3 is 2.86 bits per heavy atom. The first kappa shape index (κ1) is 18.8. The molecule has 29 heavy (non-hydrogen) atoms. The Labute approximate surface area is 174 Å². The Morgan fingerprint density at radius 1 is 1.28 bits per heavy atom. The number of carbonyl (C=O) groups excluding carboxylic acids is 1. The number of hydrogen-bond donors (Lipinski definition) is 1. The maximum atomic E-state index is 14.2. The topological polar surface area (TPSA) is 61.4 Å². The van der Waals surface area contributed by atoms with Crippen LogP contribution in [-0.2, 0) is 17.6 Å². The molecule has 1 aromatic heterocycles. The van der Waals surface area contributed by atoms with Crippen LogP contribution < -0.4 is 0 Å². The summed E-state index contributed by atoms with van der Waals surface area (Å²) in [6.07, 6.45) is 14.4. The summed E-state index contributed by atoms with van der Waals surface area (Å²) in [7, 11) is 0. The predicted molar refractivity (Wildman–Crippen MR) is 111 cm³/mol. The van der Waals surface area contributed by atoms with Crippen molar-refractivity contribution in [3.05, 3.63) is 52.7 Å². The van der Waals surface area contributed by atoms with Crippen LogP contribution >= 0.6 is 11.6 Å². The molecule has 3 atom stereocenters. The molecule has 5 nitrogen and oxygen atoms in total. The number of hydrogen-bond acceptors (Lipinski definition) is 3. The van der Waals surface area contributed by atoms with E-state index >= 15 is 0 Å². The summed E-state index contributed by atoms with van der Waals surface area (Å²) >= 11 is 6.27. The quantitative estimate of drug-likeness (QED) is 0.764. The van der Waals surface area contributed by atoms with Gasteiger partial charge in [-0.1, -0.05) is 18.2 Å². The molecular weight excluding hydrogens is 391 g/mol. The standard InChI is InChI=1S/C22H24ClFN4O/c23-18-11-25-12-19(24)21(18)13-1-3-14(4-2-13)22(29)28(16-5-6-16)17-7-8-20-15(9-17)10-26-27-20/h1-3,10,12,14,16-18H,4-9,11H2,(H,26,27). The molecule has 4 aliphatic rings. The van der Waals surface area contributed by atoms with Gasteiger partial charge in [0, 0.05) is 23.4 Å². The zero-order chi connectivity index (χ0) is 20.0. The van der Waals surface area contributed by atoms with E-state index in [2.05, 4.69) is 20.1 Å². The molecule has 152 valence electrons. The maximum absolute atomic E-state index is 14.2. The van der Waals surface area contributed by atoms with Crippen LogP contribution in [0.25, 0.3) is 0 Å². The normalized spacial score (nSPS) is 28.9. The number of aliphatic imine (C=N–C) groups is 1. The van der Waals surface area contributed by atoms with E-state index in [4.69, 9.17) is 11.6 Å². The van der Waals surface area contributed by atoms with Gasteiger partial charge in [-0.2, -0.15) is 5.10 Å². The van der Waals surface area contributed by atoms with Crippen molar-refractivity contribution in [2.24, 2.45) is 10.9 Å². The third-order valence-electron chi connectivity index (χ3n) is 6.35. The van der Waals surface area contributed by atoms with Gasteiger partial charge >= 0.3 is 0 Å². The van der Waals surface area contributed by atoms with Gasteiger partial charge in [-0.15, -0.1) is 11.6 Å². The molecular formula is C22H24ClFN4O. The number of dihydropyridines is 1. The Morgan fingerprint density at radius 2 is 2.14 bits per heavy atom. The maximum Gasteiger partial charge on any atom is 0.230 e. The Kier molecular flexibility index (Phi) is 4.90. The molecule has 3 aliphatic carbocycles. The fraction of sp³-hybridized carbons (Fsp3) is 0.500. The van der Waals surface area contributed by atoms with Gasteiger partial charge in [0.25, 0.3) is 0 Å². The summed E-state index contributed by atoms with van der Waals surface area (Å²) < 4.78 is 14.2. The highest BCUT2D eigenvalue weighted by atomic mass is 35.5. The predicted octanol–water partition coefficient (Wildman–Crippen LogP) is 3.68. The number of aromatic nitrogens is 2. The zero-order valence-electron chi connectivity index (χ0n) is 16.2. The van der Waals surface area contributed by atoms with E-state index in [-0.39, 0.29) is 23.7 Å². The van der Waals surface area contributed by atoms with Gasteiger partial charge in [-0.05, 0) is 49.7 Å². The molecule has 0 saturated heterocycles. The lowest BCUT2D eigenvalue weighted by molar-refractivity contribution is -0.137. The summed E-state index contributed by atoms with van der Waals surface area (Å²) in [6, 6.07) is 0.600. The van der Waals surface area contributed by atoms with Gasteiger partial charge in [0.15, 0.2) is 0 Å². The molecule has 0 aromatic carbocycles. The zero-order valence-corrected chi connectivity index (χ0v) is 16.9. The highest BCUT2D eigenvalue weighted by Crippen LogP contribution is 2.37. The third-order valence-corrected chi connectivity index (χ3v) is 6.70. The first-order chi connectivity index (χ1) is 14.1. The van der Waals surface area contributed by atoms with Crippen molar-refractivity contribution in [3.8, 4) is 0 Å². The molecule has 1 aliphatic heterocycles. The number of nitrogens with one attached hydrogen (secondary N) is 1.